The lowest BCUT2D eigenvalue weighted by atomic mass is 9.95. The predicted octanol–water partition coefficient (Wildman–Crippen LogP) is 2.19. The van der Waals surface area contributed by atoms with E-state index in [1.807, 2.05) is 0 Å². The van der Waals surface area contributed by atoms with E-state index in [4.69, 9.17) is 14.6 Å². The number of aliphatic carboxylic acids is 1. The number of ether oxygens (including phenoxy) is 2. The van der Waals surface area contributed by atoms with Crippen LogP contribution in [0.3, 0.4) is 0 Å². The molecule has 1 aromatic carbocycles. The lowest BCUT2D eigenvalue weighted by Crippen LogP contribution is -2.49. The van der Waals surface area contributed by atoms with Crippen LogP contribution in [0.15, 0.2) is 6.07 Å². The number of hydrogen-bond donors (Lipinski definition) is 2. The van der Waals surface area contributed by atoms with E-state index < -0.39 is 71.9 Å². The smallest absolute Gasteiger partial charge is 0.409 e. The molecule has 1 aliphatic heterocycles. The molecule has 182 valence electrons. The standard InChI is InChI=1S/C21H25F3N2O7/c1-3-32-21(31)26-6-4-12(5-7-26)20(30)25-14(9-16(28)29)15(27)10-33-19-17(23)11(2)8-13(22)18(19)24/h8,12,14H,3-7,9-10H2,1-2H3,(H,25,30)(H,28,29)/t14-/m0/s1. The number of halogens is 3. The summed E-state index contributed by atoms with van der Waals surface area (Å²) in [5, 5.41) is 11.4. The maximum Gasteiger partial charge on any atom is 0.409 e. The Morgan fingerprint density at radius 1 is 1.18 bits per heavy atom. The number of hydrogen-bond acceptors (Lipinski definition) is 6. The number of benzene rings is 1. The number of carbonyl (C=O) groups excluding carboxylic acids is 3. The molecule has 12 heteroatoms. The molecule has 1 fully saturated rings. The number of likely N-dealkylation sites (tertiary alicyclic amines) is 1. The Kier molecular flexibility index (Phi) is 9.06. The van der Waals surface area contributed by atoms with Crippen LogP contribution in [0.2, 0.25) is 0 Å². The van der Waals surface area contributed by atoms with Gasteiger partial charge in [-0.25, -0.2) is 13.6 Å². The topological polar surface area (TPSA) is 122 Å². The first-order chi connectivity index (χ1) is 15.5. The molecule has 0 saturated carbocycles. The molecule has 2 amide bonds. The van der Waals surface area contributed by atoms with Crippen LogP contribution >= 0.6 is 0 Å². The lowest BCUT2D eigenvalue weighted by Gasteiger charge is -2.31. The highest BCUT2D eigenvalue weighted by Crippen LogP contribution is 2.27. The SMILES string of the molecule is CCOC(=O)N1CCC(C(=O)N[C@@H](CC(=O)O)C(=O)COc2c(F)c(C)cc(F)c2F)CC1. The number of carboxylic acids is 1. The quantitative estimate of drug-likeness (QED) is 0.526. The third-order valence-corrected chi connectivity index (χ3v) is 5.13. The second-order valence-electron chi connectivity index (χ2n) is 7.51. The van der Waals surface area contributed by atoms with Gasteiger partial charge in [-0.3, -0.25) is 14.4 Å². The minimum Gasteiger partial charge on any atom is -0.481 e. The van der Waals surface area contributed by atoms with Crippen molar-refractivity contribution in [3.05, 3.63) is 29.1 Å². The van der Waals surface area contributed by atoms with Crippen molar-refractivity contribution in [1.29, 1.82) is 0 Å². The van der Waals surface area contributed by atoms with Crippen molar-refractivity contribution >= 4 is 23.8 Å². The highest BCUT2D eigenvalue weighted by Gasteiger charge is 2.32. The van der Waals surface area contributed by atoms with Crippen molar-refractivity contribution < 1.29 is 46.9 Å². The zero-order valence-electron chi connectivity index (χ0n) is 18.2. The Morgan fingerprint density at radius 2 is 1.82 bits per heavy atom. The number of piperidine rings is 1. The number of carboxylic acid groups (broad SMARTS) is 1. The van der Waals surface area contributed by atoms with Crippen molar-refractivity contribution in [2.45, 2.75) is 39.2 Å². The Bertz CT molecular complexity index is 891. The Balaban J connectivity index is 2.00. The molecule has 1 atom stereocenters. The molecule has 2 rings (SSSR count). The summed E-state index contributed by atoms with van der Waals surface area (Å²) in [6.07, 6.45) is -0.746. The molecule has 0 aromatic heterocycles. The number of rotatable bonds is 9. The zero-order chi connectivity index (χ0) is 24.7. The molecular weight excluding hydrogens is 449 g/mol. The van der Waals surface area contributed by atoms with Crippen LogP contribution in [-0.2, 0) is 19.1 Å². The summed E-state index contributed by atoms with van der Waals surface area (Å²) >= 11 is 0. The van der Waals surface area contributed by atoms with Crippen LogP contribution in [0.5, 0.6) is 5.75 Å². The third-order valence-electron chi connectivity index (χ3n) is 5.13. The van der Waals surface area contributed by atoms with Crippen LogP contribution in [0, 0.1) is 30.3 Å². The molecule has 9 nitrogen and oxygen atoms in total. The maximum absolute atomic E-state index is 14.1. The highest BCUT2D eigenvalue weighted by molar-refractivity contribution is 5.93. The van der Waals surface area contributed by atoms with Gasteiger partial charge in [0.15, 0.2) is 23.2 Å². The second kappa shape index (κ2) is 11.5. The number of nitrogens with zero attached hydrogens (tertiary/aromatic N) is 1. The number of ketones is 1. The first kappa shape index (κ1) is 25.9. The van der Waals surface area contributed by atoms with E-state index in [9.17, 15) is 32.3 Å². The molecule has 1 heterocycles. The molecular formula is C21H25F3N2O7. The van der Waals surface area contributed by atoms with E-state index in [1.165, 1.54) is 11.8 Å². The summed E-state index contributed by atoms with van der Waals surface area (Å²) in [5.74, 6) is -8.85. The van der Waals surface area contributed by atoms with Crippen molar-refractivity contribution in [1.82, 2.24) is 10.2 Å². The highest BCUT2D eigenvalue weighted by atomic mass is 19.2. The first-order valence-electron chi connectivity index (χ1n) is 10.3. The van der Waals surface area contributed by atoms with E-state index in [0.717, 1.165) is 0 Å². The summed E-state index contributed by atoms with van der Waals surface area (Å²) in [7, 11) is 0. The molecule has 1 aliphatic rings. The van der Waals surface area contributed by atoms with Crippen LogP contribution < -0.4 is 10.1 Å². The Morgan fingerprint density at radius 3 is 2.39 bits per heavy atom. The fraction of sp³-hybridized carbons (Fsp3) is 0.524. The summed E-state index contributed by atoms with van der Waals surface area (Å²) in [4.78, 5) is 49.4. The average molecular weight is 474 g/mol. The Labute approximate surface area is 187 Å². The van der Waals surface area contributed by atoms with Gasteiger partial charge in [-0.1, -0.05) is 0 Å². The van der Waals surface area contributed by atoms with Gasteiger partial charge >= 0.3 is 12.1 Å². The van der Waals surface area contributed by atoms with E-state index >= 15 is 0 Å². The number of aryl methyl sites for hydroxylation is 1. The Hall–Kier alpha value is -3.31. The molecule has 0 aliphatic carbocycles. The maximum atomic E-state index is 14.1. The van der Waals surface area contributed by atoms with Gasteiger partial charge in [0.1, 0.15) is 12.6 Å². The van der Waals surface area contributed by atoms with Crippen LogP contribution in [0.25, 0.3) is 0 Å². The van der Waals surface area contributed by atoms with Crippen molar-refractivity contribution in [2.24, 2.45) is 5.92 Å². The van der Waals surface area contributed by atoms with E-state index in [1.54, 1.807) is 6.92 Å². The van der Waals surface area contributed by atoms with Gasteiger partial charge in [-0.15, -0.1) is 0 Å². The lowest BCUT2D eigenvalue weighted by molar-refractivity contribution is -0.141. The number of carbonyl (C=O) groups is 4. The predicted molar refractivity (Wildman–Crippen MR) is 107 cm³/mol. The summed E-state index contributed by atoms with van der Waals surface area (Å²) in [6, 6.07) is -0.904. The average Bonchev–Trinajstić information content (AvgIpc) is 2.77. The largest absolute Gasteiger partial charge is 0.481 e. The van der Waals surface area contributed by atoms with E-state index in [2.05, 4.69) is 5.32 Å². The minimum absolute atomic E-state index is 0.212. The number of amides is 2. The van der Waals surface area contributed by atoms with Gasteiger partial charge in [0, 0.05) is 19.0 Å². The fourth-order valence-corrected chi connectivity index (χ4v) is 3.32. The molecule has 0 bridgehead atoms. The fourth-order valence-electron chi connectivity index (χ4n) is 3.32. The van der Waals surface area contributed by atoms with Gasteiger partial charge in [0.2, 0.25) is 11.7 Å². The van der Waals surface area contributed by atoms with Crippen molar-refractivity contribution in [3.8, 4) is 5.75 Å². The van der Waals surface area contributed by atoms with Crippen molar-refractivity contribution in [2.75, 3.05) is 26.3 Å². The van der Waals surface area contributed by atoms with Gasteiger partial charge in [-0.05, 0) is 38.3 Å². The number of Topliss-reactive ketones (excluding diaryl/α,β-unsaturated/α-hetero) is 1. The first-order valence-corrected chi connectivity index (χ1v) is 10.3. The van der Waals surface area contributed by atoms with Crippen LogP contribution in [0.4, 0.5) is 18.0 Å². The zero-order valence-corrected chi connectivity index (χ0v) is 18.2. The normalized spacial score (nSPS) is 15.0. The van der Waals surface area contributed by atoms with Crippen molar-refractivity contribution in [3.63, 3.8) is 0 Å². The van der Waals surface area contributed by atoms with Gasteiger partial charge in [0.25, 0.3) is 0 Å². The molecule has 1 aromatic rings. The monoisotopic (exact) mass is 474 g/mol. The van der Waals surface area contributed by atoms with Gasteiger partial charge in [-0.2, -0.15) is 4.39 Å². The van der Waals surface area contributed by atoms with E-state index in [0.29, 0.717) is 6.07 Å². The summed E-state index contributed by atoms with van der Waals surface area (Å²) in [5.41, 5.74) is -0.249. The minimum atomic E-state index is -1.63. The summed E-state index contributed by atoms with van der Waals surface area (Å²) in [6.45, 7) is 2.55. The molecule has 1 saturated heterocycles. The molecule has 0 unspecified atom stereocenters. The van der Waals surface area contributed by atoms with Crippen LogP contribution in [0.1, 0.15) is 31.7 Å². The molecule has 0 radical (unpaired) electrons. The van der Waals surface area contributed by atoms with Gasteiger partial charge < -0.3 is 24.8 Å². The number of nitrogens with one attached hydrogen (secondary N) is 1. The third kappa shape index (κ3) is 6.83. The summed E-state index contributed by atoms with van der Waals surface area (Å²) < 4.78 is 51.1. The molecule has 0 spiro atoms. The molecule has 33 heavy (non-hydrogen) atoms. The molecule has 2 N–H and O–H groups in total. The second-order valence-corrected chi connectivity index (χ2v) is 7.51. The van der Waals surface area contributed by atoms with Gasteiger partial charge in [0.05, 0.1) is 13.0 Å². The van der Waals surface area contributed by atoms with Crippen LogP contribution in [-0.4, -0.2) is 66.1 Å². The van der Waals surface area contributed by atoms with E-state index in [-0.39, 0.29) is 38.1 Å².